The summed E-state index contributed by atoms with van der Waals surface area (Å²) in [5, 5.41) is 16.6. The van der Waals surface area contributed by atoms with Crippen LogP contribution in [0.4, 0.5) is 0 Å². The van der Waals surface area contributed by atoms with Gasteiger partial charge in [0, 0.05) is 0 Å². The minimum atomic E-state index is -0.295. The van der Waals surface area contributed by atoms with Crippen LogP contribution in [-0.4, -0.2) is 26.1 Å². The maximum Gasteiger partial charge on any atom is 0.226 e. The third-order valence-corrected chi connectivity index (χ3v) is 8.17. The first-order valence-electron chi connectivity index (χ1n) is 12.0. The zero-order chi connectivity index (χ0) is 21.8. The van der Waals surface area contributed by atoms with Gasteiger partial charge in [-0.2, -0.15) is 4.80 Å². The van der Waals surface area contributed by atoms with E-state index in [4.69, 9.17) is 0 Å². The van der Waals surface area contributed by atoms with E-state index < -0.39 is 0 Å². The lowest BCUT2D eigenvalue weighted by molar-refractivity contribution is -0.158. The zero-order valence-electron chi connectivity index (χ0n) is 19.3. The van der Waals surface area contributed by atoms with E-state index in [1.165, 1.54) is 17.5 Å². The highest BCUT2D eigenvalue weighted by atomic mass is 16.2. The highest BCUT2D eigenvalue weighted by Gasteiger charge is 2.62. The molecule has 6 rings (SSSR count). The lowest BCUT2D eigenvalue weighted by Crippen LogP contribution is -2.61. The maximum atomic E-state index is 13.8. The second-order valence-electron chi connectivity index (χ2n) is 10.8. The van der Waals surface area contributed by atoms with Crippen LogP contribution in [-0.2, 0) is 10.3 Å². The van der Waals surface area contributed by atoms with Crippen LogP contribution in [0.3, 0.4) is 0 Å². The van der Waals surface area contributed by atoms with E-state index in [-0.39, 0.29) is 22.9 Å². The summed E-state index contributed by atoms with van der Waals surface area (Å²) in [6, 6.07) is 8.84. The molecular weight excluding hydrogens is 386 g/mol. The Morgan fingerprint density at radius 3 is 2.32 bits per heavy atom. The number of rotatable bonds is 6. The number of amides is 1. The van der Waals surface area contributed by atoms with Crippen molar-refractivity contribution in [3.8, 4) is 0 Å². The summed E-state index contributed by atoms with van der Waals surface area (Å²) in [7, 11) is 0. The topological polar surface area (TPSA) is 72.7 Å². The predicted octanol–water partition coefficient (Wildman–Crippen LogP) is 4.67. The molecule has 0 spiro atoms. The lowest BCUT2D eigenvalue weighted by Gasteiger charge is -2.60. The van der Waals surface area contributed by atoms with Crippen molar-refractivity contribution in [2.75, 3.05) is 0 Å². The first-order valence-corrected chi connectivity index (χ1v) is 12.0. The fourth-order valence-electron chi connectivity index (χ4n) is 7.04. The summed E-state index contributed by atoms with van der Waals surface area (Å²) < 4.78 is 0. The van der Waals surface area contributed by atoms with Crippen LogP contribution in [0.5, 0.6) is 0 Å². The molecule has 0 aliphatic heterocycles. The van der Waals surface area contributed by atoms with Crippen molar-refractivity contribution in [3.63, 3.8) is 0 Å². The van der Waals surface area contributed by atoms with Gasteiger partial charge in [0.2, 0.25) is 5.91 Å². The van der Waals surface area contributed by atoms with Crippen molar-refractivity contribution in [1.29, 1.82) is 0 Å². The number of nitrogens with zero attached hydrogens (tertiary/aromatic N) is 4. The molecule has 1 amide bonds. The van der Waals surface area contributed by atoms with Gasteiger partial charge in [-0.05, 0) is 86.0 Å². The Balaban J connectivity index is 1.39. The standard InChI is InChI=1S/C25H35N5O/c1-5-22(21-8-6-20(7-9-21)16(2)3)26-23(31)24-11-18-10-19(12-24)14-25(13-18,15-24)30-28-17(4)27-29-30/h6-9,16,18-19,22H,5,10-15H2,1-4H3,(H,26,31)/t18-,19+,22-,24?,25?/m0/s1. The van der Waals surface area contributed by atoms with Gasteiger partial charge in [0.25, 0.3) is 0 Å². The number of carbonyl (C=O) groups excluding carboxylic acids is 1. The molecule has 166 valence electrons. The third-order valence-electron chi connectivity index (χ3n) is 8.17. The Hall–Kier alpha value is -2.24. The largest absolute Gasteiger partial charge is 0.349 e. The van der Waals surface area contributed by atoms with E-state index in [0.29, 0.717) is 23.6 Å². The normalized spacial score (nSPS) is 32.4. The first-order chi connectivity index (χ1) is 14.8. The minimum absolute atomic E-state index is 0.0596. The molecule has 4 aliphatic carbocycles. The molecule has 31 heavy (non-hydrogen) atoms. The van der Waals surface area contributed by atoms with Crippen LogP contribution in [0.25, 0.3) is 0 Å². The van der Waals surface area contributed by atoms with Gasteiger partial charge in [-0.15, -0.1) is 10.2 Å². The number of aryl methyl sites for hydroxylation is 1. The molecule has 1 aromatic heterocycles. The van der Waals surface area contributed by atoms with Crippen molar-refractivity contribution in [2.24, 2.45) is 17.3 Å². The summed E-state index contributed by atoms with van der Waals surface area (Å²) in [6.07, 6.45) is 7.17. The van der Waals surface area contributed by atoms with Crippen LogP contribution in [0.1, 0.15) is 94.6 Å². The molecule has 2 unspecified atom stereocenters. The van der Waals surface area contributed by atoms with Gasteiger partial charge in [0.05, 0.1) is 17.0 Å². The molecule has 0 saturated heterocycles. The Labute approximate surface area is 185 Å². The fraction of sp³-hybridized carbons (Fsp3) is 0.680. The number of aromatic nitrogens is 4. The molecule has 2 aromatic rings. The summed E-state index contributed by atoms with van der Waals surface area (Å²) >= 11 is 0. The van der Waals surface area contributed by atoms with Crippen molar-refractivity contribution in [3.05, 3.63) is 41.2 Å². The van der Waals surface area contributed by atoms with E-state index in [2.05, 4.69) is 65.8 Å². The summed E-state index contributed by atoms with van der Waals surface area (Å²) in [5.74, 6) is 2.64. The monoisotopic (exact) mass is 421 g/mol. The molecule has 4 saturated carbocycles. The Bertz CT molecular complexity index is 949. The zero-order valence-corrected chi connectivity index (χ0v) is 19.3. The van der Waals surface area contributed by atoms with Crippen LogP contribution >= 0.6 is 0 Å². The van der Waals surface area contributed by atoms with E-state index in [0.717, 1.165) is 38.5 Å². The van der Waals surface area contributed by atoms with Crippen LogP contribution in [0, 0.1) is 24.2 Å². The Morgan fingerprint density at radius 1 is 1.13 bits per heavy atom. The van der Waals surface area contributed by atoms with Crippen LogP contribution in [0.2, 0.25) is 0 Å². The number of nitrogens with one attached hydrogen (secondary N) is 1. The highest BCUT2D eigenvalue weighted by Crippen LogP contribution is 2.64. The van der Waals surface area contributed by atoms with Gasteiger partial charge in [-0.25, -0.2) is 0 Å². The summed E-state index contributed by atoms with van der Waals surface area (Å²) in [6.45, 7) is 8.47. The van der Waals surface area contributed by atoms with E-state index in [1.54, 1.807) is 0 Å². The van der Waals surface area contributed by atoms with Crippen molar-refractivity contribution in [2.45, 2.75) is 90.1 Å². The second-order valence-corrected chi connectivity index (χ2v) is 10.8. The first kappa shape index (κ1) is 20.7. The average molecular weight is 422 g/mol. The maximum absolute atomic E-state index is 13.8. The van der Waals surface area contributed by atoms with Gasteiger partial charge >= 0.3 is 0 Å². The number of carbonyl (C=O) groups is 1. The van der Waals surface area contributed by atoms with Crippen LogP contribution < -0.4 is 5.32 Å². The Morgan fingerprint density at radius 2 is 1.77 bits per heavy atom. The molecule has 4 bridgehead atoms. The molecule has 4 fully saturated rings. The number of tetrazole rings is 1. The van der Waals surface area contributed by atoms with Gasteiger partial charge in [0.1, 0.15) is 0 Å². The SMILES string of the molecule is CC[C@H](NC(=O)C12C[C@H]3C[C@@H](C1)CC(n1nnc(C)n1)(C3)C2)c1ccc(C(C)C)cc1. The predicted molar refractivity (Wildman–Crippen MR) is 119 cm³/mol. The van der Waals surface area contributed by atoms with Crippen molar-refractivity contribution >= 4 is 5.91 Å². The quantitative estimate of drug-likeness (QED) is 0.736. The number of benzene rings is 1. The molecule has 1 heterocycles. The summed E-state index contributed by atoms with van der Waals surface area (Å²) in [4.78, 5) is 15.7. The molecule has 6 nitrogen and oxygen atoms in total. The highest BCUT2D eigenvalue weighted by molar-refractivity contribution is 5.83. The van der Waals surface area contributed by atoms with Crippen molar-refractivity contribution in [1.82, 2.24) is 25.5 Å². The molecule has 1 aromatic carbocycles. The van der Waals surface area contributed by atoms with Gasteiger partial charge < -0.3 is 5.32 Å². The molecule has 1 N–H and O–H groups in total. The minimum Gasteiger partial charge on any atom is -0.349 e. The molecule has 4 aliphatic rings. The third kappa shape index (κ3) is 3.48. The van der Waals surface area contributed by atoms with Gasteiger partial charge in [-0.1, -0.05) is 45.0 Å². The molecule has 6 heteroatoms. The van der Waals surface area contributed by atoms with Crippen LogP contribution in [0.15, 0.2) is 24.3 Å². The molecule has 0 radical (unpaired) electrons. The smallest absolute Gasteiger partial charge is 0.226 e. The Kier molecular flexibility index (Phi) is 4.94. The average Bonchev–Trinajstić information content (AvgIpc) is 3.18. The number of hydrogen-bond donors (Lipinski definition) is 1. The van der Waals surface area contributed by atoms with E-state index in [9.17, 15) is 4.79 Å². The lowest BCUT2D eigenvalue weighted by atomic mass is 9.46. The number of hydrogen-bond acceptors (Lipinski definition) is 4. The van der Waals surface area contributed by atoms with Crippen molar-refractivity contribution < 1.29 is 4.79 Å². The van der Waals surface area contributed by atoms with E-state index in [1.807, 2.05) is 11.7 Å². The van der Waals surface area contributed by atoms with Gasteiger partial charge in [0.15, 0.2) is 5.82 Å². The fourth-order valence-corrected chi connectivity index (χ4v) is 7.04. The second kappa shape index (κ2) is 7.42. The molecule has 5 atom stereocenters. The van der Waals surface area contributed by atoms with Gasteiger partial charge in [-0.3, -0.25) is 4.79 Å². The molecular formula is C25H35N5O. The summed E-state index contributed by atoms with van der Waals surface area (Å²) in [5.41, 5.74) is 2.11. The van der Waals surface area contributed by atoms with E-state index >= 15 is 0 Å².